The van der Waals surface area contributed by atoms with E-state index in [0.717, 1.165) is 18.8 Å². The molecule has 0 saturated carbocycles. The third kappa shape index (κ3) is 22.2. The minimum Gasteiger partial charge on any atom is -0.501 e. The van der Waals surface area contributed by atoms with Gasteiger partial charge >= 0.3 is 0 Å². The topological polar surface area (TPSA) is 21.7 Å². The molecule has 0 aliphatic heterocycles. The van der Waals surface area contributed by atoms with Crippen LogP contribution in [-0.4, -0.2) is 38.8 Å². The van der Waals surface area contributed by atoms with Gasteiger partial charge < -0.3 is 14.4 Å². The maximum absolute atomic E-state index is 5.43. The molecule has 0 N–H and O–H groups in total. The first kappa shape index (κ1) is 34.6. The normalized spacial score (nSPS) is 11.4. The van der Waals surface area contributed by atoms with Crippen LogP contribution in [0.3, 0.4) is 0 Å². The molecular formula is C26H49NO2. The van der Waals surface area contributed by atoms with Crippen molar-refractivity contribution in [3.8, 4) is 12.8 Å². The Kier molecular flexibility index (Phi) is 36.7. The van der Waals surface area contributed by atoms with Gasteiger partial charge in [-0.25, -0.2) is 0 Å². The molecule has 0 radical (unpaired) electrons. The fourth-order valence-electron chi connectivity index (χ4n) is 2.12. The van der Waals surface area contributed by atoms with Crippen LogP contribution in [0.25, 0.3) is 0 Å². The predicted molar refractivity (Wildman–Crippen MR) is 133 cm³/mol. The van der Waals surface area contributed by atoms with Crippen LogP contribution in [0.15, 0.2) is 47.4 Å². The first-order valence-corrected chi connectivity index (χ1v) is 10.8. The van der Waals surface area contributed by atoms with Gasteiger partial charge in [-0.1, -0.05) is 71.8 Å². The predicted octanol–water partition coefficient (Wildman–Crippen LogP) is 7.38. The molecule has 0 fully saturated rings. The van der Waals surface area contributed by atoms with Crippen molar-refractivity contribution in [2.45, 2.75) is 74.7 Å². The molecular weight excluding hydrogens is 358 g/mol. The first-order valence-electron chi connectivity index (χ1n) is 10.8. The Bertz CT molecular complexity index is 457. The number of methoxy groups -OCH3 is 2. The smallest absolute Gasteiger partial charge is 0.0974 e. The van der Waals surface area contributed by atoms with Crippen molar-refractivity contribution in [1.29, 1.82) is 0 Å². The van der Waals surface area contributed by atoms with Crippen LogP contribution in [-0.2, 0) is 9.47 Å². The zero-order valence-corrected chi connectivity index (χ0v) is 21.0. The molecule has 0 aromatic carbocycles. The highest BCUT2D eigenvalue weighted by Gasteiger charge is 2.10. The van der Waals surface area contributed by atoms with Gasteiger partial charge in [0.15, 0.2) is 0 Å². The summed E-state index contributed by atoms with van der Waals surface area (Å²) in [6.07, 6.45) is 22.1. The minimum atomic E-state index is 0.633. The number of allylic oxidation sites excluding steroid dienone is 4. The molecule has 0 heterocycles. The Morgan fingerprint density at radius 3 is 1.93 bits per heavy atom. The fraction of sp³-hybridized carbons (Fsp3) is 0.615. The average molecular weight is 408 g/mol. The average Bonchev–Trinajstić information content (AvgIpc) is 2.76. The van der Waals surface area contributed by atoms with Crippen LogP contribution in [0.4, 0.5) is 0 Å². The quantitative estimate of drug-likeness (QED) is 0.202. The van der Waals surface area contributed by atoms with Crippen molar-refractivity contribution in [2.24, 2.45) is 0 Å². The second-order valence-electron chi connectivity index (χ2n) is 5.84. The zero-order chi connectivity index (χ0) is 23.5. The lowest BCUT2D eigenvalue weighted by atomic mass is 10.1. The summed E-state index contributed by atoms with van der Waals surface area (Å²) >= 11 is 0. The highest BCUT2D eigenvalue weighted by atomic mass is 16.5. The second kappa shape index (κ2) is 30.8. The molecule has 0 unspecified atom stereocenters. The minimum absolute atomic E-state index is 0.633. The van der Waals surface area contributed by atoms with Gasteiger partial charge in [0.2, 0.25) is 0 Å². The summed E-state index contributed by atoms with van der Waals surface area (Å²) in [5, 5.41) is 0. The maximum Gasteiger partial charge on any atom is 0.0974 e. The van der Waals surface area contributed by atoms with Crippen LogP contribution in [0.2, 0.25) is 0 Å². The summed E-state index contributed by atoms with van der Waals surface area (Å²) in [6.45, 7) is 19.1. The van der Waals surface area contributed by atoms with Crippen molar-refractivity contribution < 1.29 is 9.47 Å². The van der Waals surface area contributed by atoms with Crippen LogP contribution in [0.1, 0.15) is 74.7 Å². The van der Waals surface area contributed by atoms with E-state index in [2.05, 4.69) is 75.8 Å². The highest BCUT2D eigenvalue weighted by molar-refractivity contribution is 5.26. The number of hydrogen-bond acceptors (Lipinski definition) is 3. The number of terminal acetylenes is 1. The van der Waals surface area contributed by atoms with E-state index in [0.29, 0.717) is 6.61 Å². The van der Waals surface area contributed by atoms with Gasteiger partial charge in [-0.2, -0.15) is 0 Å². The molecule has 0 aromatic heterocycles. The maximum atomic E-state index is 5.43. The van der Waals surface area contributed by atoms with Crippen molar-refractivity contribution >= 4 is 0 Å². The van der Waals surface area contributed by atoms with Gasteiger partial charge in [-0.05, 0) is 33.3 Å². The number of rotatable bonds is 11. The summed E-state index contributed by atoms with van der Waals surface area (Å²) in [5.41, 5.74) is 2.43. The summed E-state index contributed by atoms with van der Waals surface area (Å²) in [4.78, 5) is 2.40. The van der Waals surface area contributed by atoms with Gasteiger partial charge in [0, 0.05) is 31.5 Å². The summed E-state index contributed by atoms with van der Waals surface area (Å²) in [6, 6.07) is 0. The fourth-order valence-corrected chi connectivity index (χ4v) is 2.12. The summed E-state index contributed by atoms with van der Waals surface area (Å²) in [7, 11) is 3.44. The Balaban J connectivity index is -0.000000394. The standard InChI is InChI=1S/C19H33NO2.C3H8.C2H6.C2H2/c1-7-10-14-20(19(9-3)13-11-15-21-5)16-18(12-8-2)17(4)22-6;1-3-2;2*1-2/h8-9,11-13H,7,10,14-16H2,1-6H3;3H2,1-2H3;1-2H3;1-2H/b12-8-,13-11-,18-17-,19-9+;;;. The van der Waals surface area contributed by atoms with Gasteiger partial charge in [-0.3, -0.25) is 0 Å². The molecule has 29 heavy (non-hydrogen) atoms. The zero-order valence-electron chi connectivity index (χ0n) is 21.0. The molecule has 0 bridgehead atoms. The van der Waals surface area contributed by atoms with Crippen molar-refractivity contribution in [1.82, 2.24) is 4.90 Å². The van der Waals surface area contributed by atoms with E-state index in [1.54, 1.807) is 14.2 Å². The van der Waals surface area contributed by atoms with Crippen LogP contribution < -0.4 is 0 Å². The molecule has 0 aliphatic carbocycles. The van der Waals surface area contributed by atoms with Crippen molar-refractivity contribution in [3.63, 3.8) is 0 Å². The largest absolute Gasteiger partial charge is 0.501 e. The van der Waals surface area contributed by atoms with Crippen molar-refractivity contribution in [2.75, 3.05) is 33.9 Å². The molecule has 0 aromatic rings. The number of hydrogen-bond donors (Lipinski definition) is 0. The van der Waals surface area contributed by atoms with E-state index in [1.165, 1.54) is 30.5 Å². The third-order valence-electron chi connectivity index (χ3n) is 3.48. The summed E-state index contributed by atoms with van der Waals surface area (Å²) in [5.74, 6) is 0.968. The van der Waals surface area contributed by atoms with Crippen LogP contribution >= 0.6 is 0 Å². The lowest BCUT2D eigenvalue weighted by Crippen LogP contribution is -2.26. The lowest BCUT2D eigenvalue weighted by molar-refractivity contribution is 0.233. The molecule has 3 heteroatoms. The SMILES string of the molecule is C#C.C/C=C\C(CN(CCCC)C(/C=C\COC)=C/C)=C(/C)OC.CC.CCC. The van der Waals surface area contributed by atoms with E-state index >= 15 is 0 Å². The summed E-state index contributed by atoms with van der Waals surface area (Å²) < 4.78 is 10.5. The molecule has 0 atom stereocenters. The Labute approximate surface area is 183 Å². The molecule has 0 spiro atoms. The van der Waals surface area contributed by atoms with Gasteiger partial charge in [0.25, 0.3) is 0 Å². The molecule has 3 nitrogen and oxygen atoms in total. The van der Waals surface area contributed by atoms with E-state index in [9.17, 15) is 0 Å². The molecule has 170 valence electrons. The van der Waals surface area contributed by atoms with E-state index in [-0.39, 0.29) is 0 Å². The Morgan fingerprint density at radius 2 is 1.55 bits per heavy atom. The number of nitrogens with zero attached hydrogens (tertiary/aromatic N) is 1. The Hall–Kier alpha value is -1.92. The second-order valence-corrected chi connectivity index (χ2v) is 5.84. The van der Waals surface area contributed by atoms with Crippen molar-refractivity contribution in [3.05, 3.63) is 47.4 Å². The van der Waals surface area contributed by atoms with Crippen LogP contribution in [0.5, 0.6) is 0 Å². The molecule has 0 amide bonds. The molecule has 0 aliphatic rings. The van der Waals surface area contributed by atoms with Gasteiger partial charge in [0.1, 0.15) is 0 Å². The van der Waals surface area contributed by atoms with Crippen LogP contribution in [0, 0.1) is 12.8 Å². The third-order valence-corrected chi connectivity index (χ3v) is 3.48. The molecule has 0 saturated heterocycles. The Morgan fingerprint density at radius 1 is 1.00 bits per heavy atom. The van der Waals surface area contributed by atoms with E-state index in [4.69, 9.17) is 9.47 Å². The monoisotopic (exact) mass is 407 g/mol. The van der Waals surface area contributed by atoms with Gasteiger partial charge in [0.05, 0.1) is 19.5 Å². The van der Waals surface area contributed by atoms with E-state index < -0.39 is 0 Å². The first-order chi connectivity index (χ1) is 14.1. The molecule has 0 rings (SSSR count). The number of ether oxygens (including phenoxy) is 2. The van der Waals surface area contributed by atoms with E-state index in [1.807, 2.05) is 27.7 Å². The highest BCUT2D eigenvalue weighted by Crippen LogP contribution is 2.15. The number of unbranched alkanes of at least 4 members (excludes halogenated alkanes) is 1. The van der Waals surface area contributed by atoms with Gasteiger partial charge in [-0.15, -0.1) is 12.8 Å². The lowest BCUT2D eigenvalue weighted by Gasteiger charge is -2.27.